The molecule has 2 atom stereocenters. The van der Waals surface area contributed by atoms with Crippen LogP contribution in [-0.4, -0.2) is 41.0 Å². The Labute approximate surface area is 127 Å². The minimum Gasteiger partial charge on any atom is -0.375 e. The van der Waals surface area contributed by atoms with E-state index >= 15 is 0 Å². The molecule has 21 heavy (non-hydrogen) atoms. The zero-order chi connectivity index (χ0) is 15.6. The second kappa shape index (κ2) is 6.41. The van der Waals surface area contributed by atoms with Crippen LogP contribution in [-0.2, 0) is 4.74 Å². The van der Waals surface area contributed by atoms with Gasteiger partial charge in [-0.05, 0) is 25.5 Å². The van der Waals surface area contributed by atoms with E-state index in [9.17, 15) is 14.9 Å². The Kier molecular flexibility index (Phi) is 4.80. The summed E-state index contributed by atoms with van der Waals surface area (Å²) in [7, 11) is 0. The minimum atomic E-state index is -0.585. The van der Waals surface area contributed by atoms with Crippen LogP contribution in [0.2, 0.25) is 5.02 Å². The van der Waals surface area contributed by atoms with E-state index in [1.807, 2.05) is 13.8 Å². The topological polar surface area (TPSA) is 72.7 Å². The van der Waals surface area contributed by atoms with Gasteiger partial charge in [-0.15, -0.1) is 0 Å². The van der Waals surface area contributed by atoms with E-state index in [4.69, 9.17) is 16.3 Å². The first-order valence-corrected chi connectivity index (χ1v) is 7.18. The number of ether oxygens (including phenoxy) is 1. The normalized spacial score (nSPS) is 22.1. The number of rotatable bonds is 3. The second-order valence-electron chi connectivity index (χ2n) is 5.09. The summed E-state index contributed by atoms with van der Waals surface area (Å²) in [6, 6.07) is 4.13. The number of hydrogen-bond acceptors (Lipinski definition) is 4. The molecule has 0 bridgehead atoms. The Balaban J connectivity index is 2.30. The van der Waals surface area contributed by atoms with E-state index in [0.29, 0.717) is 13.2 Å². The number of nitrogens with zero attached hydrogens (tertiary/aromatic N) is 2. The molecule has 1 aromatic carbocycles. The van der Waals surface area contributed by atoms with Gasteiger partial charge in [0, 0.05) is 18.2 Å². The van der Waals surface area contributed by atoms with Crippen molar-refractivity contribution in [2.24, 2.45) is 0 Å². The van der Waals surface area contributed by atoms with Crippen molar-refractivity contribution >= 4 is 23.2 Å². The number of carbonyl (C=O) groups excluding carboxylic acids is 1. The highest BCUT2D eigenvalue weighted by molar-refractivity contribution is 6.32. The molecule has 0 N–H and O–H groups in total. The summed E-state index contributed by atoms with van der Waals surface area (Å²) < 4.78 is 5.56. The fraction of sp³-hybridized carbons (Fsp3) is 0.500. The number of morpholine rings is 1. The predicted octanol–water partition coefficient (Wildman–Crippen LogP) is 2.89. The number of nitro groups is 1. The van der Waals surface area contributed by atoms with Crippen molar-refractivity contribution < 1.29 is 14.5 Å². The summed E-state index contributed by atoms with van der Waals surface area (Å²) in [4.78, 5) is 24.7. The number of hydrogen-bond donors (Lipinski definition) is 0. The van der Waals surface area contributed by atoms with Gasteiger partial charge in [0.1, 0.15) is 5.02 Å². The Morgan fingerprint density at radius 2 is 2.29 bits per heavy atom. The van der Waals surface area contributed by atoms with Gasteiger partial charge in [-0.1, -0.05) is 18.5 Å². The third-order valence-electron chi connectivity index (χ3n) is 3.59. The number of amides is 1. The van der Waals surface area contributed by atoms with E-state index < -0.39 is 4.92 Å². The molecule has 6 nitrogen and oxygen atoms in total. The molecule has 1 saturated heterocycles. The summed E-state index contributed by atoms with van der Waals surface area (Å²) in [5, 5.41) is 10.9. The molecular formula is C14H17ClN2O4. The molecular weight excluding hydrogens is 296 g/mol. The van der Waals surface area contributed by atoms with Crippen LogP contribution in [0.15, 0.2) is 18.2 Å². The maximum atomic E-state index is 12.6. The van der Waals surface area contributed by atoms with Crippen molar-refractivity contribution in [2.45, 2.75) is 32.4 Å². The first kappa shape index (κ1) is 15.7. The average molecular weight is 313 g/mol. The van der Waals surface area contributed by atoms with Gasteiger partial charge in [-0.25, -0.2) is 0 Å². The van der Waals surface area contributed by atoms with Crippen molar-refractivity contribution in [1.82, 2.24) is 4.90 Å². The monoisotopic (exact) mass is 312 g/mol. The van der Waals surface area contributed by atoms with Crippen LogP contribution in [0.25, 0.3) is 0 Å². The van der Waals surface area contributed by atoms with Gasteiger partial charge in [0.15, 0.2) is 0 Å². The van der Waals surface area contributed by atoms with Gasteiger partial charge in [-0.2, -0.15) is 0 Å². The van der Waals surface area contributed by atoms with Crippen LogP contribution >= 0.6 is 11.6 Å². The Morgan fingerprint density at radius 1 is 1.57 bits per heavy atom. The van der Waals surface area contributed by atoms with Gasteiger partial charge in [0.05, 0.1) is 23.7 Å². The first-order chi connectivity index (χ1) is 9.93. The molecule has 1 heterocycles. The Hall–Kier alpha value is -1.66. The molecule has 1 amide bonds. The minimum absolute atomic E-state index is 0.0107. The van der Waals surface area contributed by atoms with Crippen molar-refractivity contribution in [3.8, 4) is 0 Å². The quantitative estimate of drug-likeness (QED) is 0.635. The fourth-order valence-electron chi connectivity index (χ4n) is 2.38. The summed E-state index contributed by atoms with van der Waals surface area (Å²) in [6.07, 6.45) is 0.729. The third-order valence-corrected chi connectivity index (χ3v) is 3.91. The Bertz CT molecular complexity index is 564. The number of benzene rings is 1. The highest BCUT2D eigenvalue weighted by atomic mass is 35.5. The summed E-state index contributed by atoms with van der Waals surface area (Å²) in [5.74, 6) is -0.225. The van der Waals surface area contributed by atoms with Gasteiger partial charge in [0.25, 0.3) is 11.6 Å². The van der Waals surface area contributed by atoms with Crippen LogP contribution in [0.4, 0.5) is 5.69 Å². The molecule has 1 aliphatic rings. The van der Waals surface area contributed by atoms with Crippen LogP contribution in [0.5, 0.6) is 0 Å². The molecule has 0 aromatic heterocycles. The lowest BCUT2D eigenvalue weighted by molar-refractivity contribution is -0.384. The van der Waals surface area contributed by atoms with Crippen LogP contribution in [0, 0.1) is 10.1 Å². The van der Waals surface area contributed by atoms with E-state index in [2.05, 4.69) is 0 Å². The first-order valence-electron chi connectivity index (χ1n) is 6.80. The van der Waals surface area contributed by atoms with Crippen LogP contribution < -0.4 is 0 Å². The molecule has 1 fully saturated rings. The number of carbonyl (C=O) groups is 1. The predicted molar refractivity (Wildman–Crippen MR) is 78.6 cm³/mol. The van der Waals surface area contributed by atoms with E-state index in [1.54, 1.807) is 4.90 Å². The third kappa shape index (κ3) is 3.33. The molecule has 1 aromatic rings. The number of nitro benzene ring substituents is 1. The van der Waals surface area contributed by atoms with E-state index in [-0.39, 0.29) is 34.3 Å². The molecule has 114 valence electrons. The standard InChI is InChI=1S/C14H17ClN2O4/c1-3-11-8-21-9(2)7-16(11)14(18)10-4-5-12(15)13(6-10)17(19)20/h4-6,9,11H,3,7-8H2,1-2H3. The molecule has 2 rings (SSSR count). The van der Waals surface area contributed by atoms with Gasteiger partial charge >= 0.3 is 0 Å². The highest BCUT2D eigenvalue weighted by Crippen LogP contribution is 2.27. The summed E-state index contributed by atoms with van der Waals surface area (Å²) >= 11 is 5.77. The van der Waals surface area contributed by atoms with Crippen LogP contribution in [0.3, 0.4) is 0 Å². The van der Waals surface area contributed by atoms with Crippen molar-refractivity contribution in [3.63, 3.8) is 0 Å². The number of halogens is 1. The molecule has 2 unspecified atom stereocenters. The van der Waals surface area contributed by atoms with Gasteiger partial charge in [0.2, 0.25) is 0 Å². The summed E-state index contributed by atoms with van der Waals surface area (Å²) in [5.41, 5.74) is 0.0236. The summed E-state index contributed by atoms with van der Waals surface area (Å²) in [6.45, 7) is 4.85. The molecule has 0 radical (unpaired) electrons. The van der Waals surface area contributed by atoms with Crippen molar-refractivity contribution in [1.29, 1.82) is 0 Å². The van der Waals surface area contributed by atoms with E-state index in [0.717, 1.165) is 6.42 Å². The smallest absolute Gasteiger partial charge is 0.288 e. The lowest BCUT2D eigenvalue weighted by atomic mass is 10.1. The zero-order valence-electron chi connectivity index (χ0n) is 11.9. The van der Waals surface area contributed by atoms with Crippen LogP contribution in [0.1, 0.15) is 30.6 Å². The molecule has 0 saturated carbocycles. The maximum absolute atomic E-state index is 12.6. The average Bonchev–Trinajstić information content (AvgIpc) is 2.46. The maximum Gasteiger partial charge on any atom is 0.288 e. The fourth-order valence-corrected chi connectivity index (χ4v) is 2.57. The van der Waals surface area contributed by atoms with Gasteiger partial charge in [-0.3, -0.25) is 14.9 Å². The van der Waals surface area contributed by atoms with Crippen molar-refractivity contribution in [3.05, 3.63) is 38.9 Å². The lowest BCUT2D eigenvalue weighted by Crippen LogP contribution is -2.51. The van der Waals surface area contributed by atoms with E-state index in [1.165, 1.54) is 18.2 Å². The highest BCUT2D eigenvalue weighted by Gasteiger charge is 2.30. The molecule has 0 spiro atoms. The SMILES string of the molecule is CCC1COC(C)CN1C(=O)c1ccc(Cl)c([N+](=O)[O-])c1. The largest absolute Gasteiger partial charge is 0.375 e. The molecule has 1 aliphatic heterocycles. The molecule has 7 heteroatoms. The second-order valence-corrected chi connectivity index (χ2v) is 5.49. The Morgan fingerprint density at radius 3 is 2.90 bits per heavy atom. The van der Waals surface area contributed by atoms with Gasteiger partial charge < -0.3 is 9.64 Å². The molecule has 0 aliphatic carbocycles. The zero-order valence-corrected chi connectivity index (χ0v) is 12.7. The van der Waals surface area contributed by atoms with Crippen molar-refractivity contribution in [2.75, 3.05) is 13.2 Å². The lowest BCUT2D eigenvalue weighted by Gasteiger charge is -2.38.